The molecule has 1 aliphatic rings. The Hall–Kier alpha value is -1.82. The predicted molar refractivity (Wildman–Crippen MR) is 118 cm³/mol. The number of fused-ring (bicyclic) bond motifs is 3. The van der Waals surface area contributed by atoms with Crippen molar-refractivity contribution in [3.05, 3.63) is 87.6 Å². The van der Waals surface area contributed by atoms with Crippen LogP contribution in [-0.4, -0.2) is 0 Å². The fourth-order valence-corrected chi connectivity index (χ4v) is 5.62. The van der Waals surface area contributed by atoms with Gasteiger partial charge in [0.2, 0.25) is 0 Å². The highest BCUT2D eigenvalue weighted by Crippen LogP contribution is 2.53. The molecule has 0 unspecified atom stereocenters. The van der Waals surface area contributed by atoms with Gasteiger partial charge in [-0.15, -0.1) is 0 Å². The van der Waals surface area contributed by atoms with Crippen LogP contribution in [0.3, 0.4) is 0 Å². The molecule has 0 amide bonds. The molecule has 0 fully saturated rings. The highest BCUT2D eigenvalue weighted by molar-refractivity contribution is 9.10. The Balaban J connectivity index is 1.84. The van der Waals surface area contributed by atoms with Crippen molar-refractivity contribution in [2.45, 2.75) is 9.79 Å². The number of hydrogen-bond donors (Lipinski definition) is 0. The van der Waals surface area contributed by atoms with Crippen LogP contribution >= 0.6 is 43.6 Å². The smallest absolute Gasteiger partial charge is 0.131 e. The Bertz CT molecular complexity index is 1160. The number of hydrogen-bond acceptors (Lipinski definition) is 2. The summed E-state index contributed by atoms with van der Waals surface area (Å²) in [6.45, 7) is 0. The van der Waals surface area contributed by atoms with Crippen molar-refractivity contribution in [3.8, 4) is 0 Å². The lowest BCUT2D eigenvalue weighted by Gasteiger charge is -2.34. The molecule has 1 aliphatic heterocycles. The largest absolute Gasteiger partial charge is 0.308 e. The van der Waals surface area contributed by atoms with Crippen molar-refractivity contribution in [1.82, 2.24) is 0 Å². The van der Waals surface area contributed by atoms with Crippen molar-refractivity contribution in [3.63, 3.8) is 0 Å². The van der Waals surface area contributed by atoms with Crippen molar-refractivity contribution in [2.24, 2.45) is 0 Å². The van der Waals surface area contributed by atoms with E-state index in [9.17, 15) is 4.39 Å². The molecule has 5 rings (SSSR count). The van der Waals surface area contributed by atoms with Crippen molar-refractivity contribution in [1.29, 1.82) is 0 Å². The van der Waals surface area contributed by atoms with Gasteiger partial charge in [-0.05, 0) is 48.5 Å². The molecule has 0 N–H and O–H groups in total. The lowest BCUT2D eigenvalue weighted by atomic mass is 10.1. The minimum Gasteiger partial charge on any atom is -0.308 e. The molecule has 0 bridgehead atoms. The SMILES string of the molecule is Fc1ccc(N2c3ccc(Br)cc3Sc3cc(Br)ccc32)c2ccccc12. The third kappa shape index (κ3) is 2.89. The average Bonchev–Trinajstić information content (AvgIpc) is 2.67. The van der Waals surface area contributed by atoms with Gasteiger partial charge in [0, 0.05) is 29.5 Å². The Labute approximate surface area is 177 Å². The lowest BCUT2D eigenvalue weighted by molar-refractivity contribution is 0.640. The summed E-state index contributed by atoms with van der Waals surface area (Å²) >= 11 is 8.90. The Morgan fingerprint density at radius 1 is 0.667 bits per heavy atom. The van der Waals surface area contributed by atoms with Crippen molar-refractivity contribution < 1.29 is 4.39 Å². The lowest BCUT2D eigenvalue weighted by Crippen LogP contribution is -2.15. The number of rotatable bonds is 1. The van der Waals surface area contributed by atoms with Crippen LogP contribution in [-0.2, 0) is 0 Å². The summed E-state index contributed by atoms with van der Waals surface area (Å²) in [5.41, 5.74) is 3.16. The summed E-state index contributed by atoms with van der Waals surface area (Å²) in [6.07, 6.45) is 0. The first-order valence-corrected chi connectivity index (χ1v) is 10.8. The summed E-state index contributed by atoms with van der Waals surface area (Å²) < 4.78 is 16.5. The topological polar surface area (TPSA) is 3.24 Å². The van der Waals surface area contributed by atoms with Crippen LogP contribution < -0.4 is 4.90 Å². The minimum atomic E-state index is -0.201. The summed E-state index contributed by atoms with van der Waals surface area (Å²) in [5.74, 6) is -0.201. The second-order valence-electron chi connectivity index (χ2n) is 6.27. The molecule has 27 heavy (non-hydrogen) atoms. The maximum Gasteiger partial charge on any atom is 0.131 e. The summed E-state index contributed by atoms with van der Waals surface area (Å²) in [4.78, 5) is 4.54. The molecule has 132 valence electrons. The molecule has 1 nitrogen and oxygen atoms in total. The van der Waals surface area contributed by atoms with Crippen LogP contribution in [0, 0.1) is 5.82 Å². The molecule has 0 aromatic heterocycles. The van der Waals surface area contributed by atoms with Crippen LogP contribution in [0.5, 0.6) is 0 Å². The van der Waals surface area contributed by atoms with Gasteiger partial charge in [0.25, 0.3) is 0 Å². The van der Waals surface area contributed by atoms with Crippen LogP contribution in [0.4, 0.5) is 21.5 Å². The summed E-state index contributed by atoms with van der Waals surface area (Å²) in [6, 6.07) is 23.6. The number of anilines is 3. The molecule has 0 saturated heterocycles. The van der Waals surface area contributed by atoms with Crippen LogP contribution in [0.1, 0.15) is 0 Å². The molecule has 4 aromatic carbocycles. The molecule has 0 radical (unpaired) electrons. The van der Waals surface area contributed by atoms with Crippen molar-refractivity contribution in [2.75, 3.05) is 4.90 Å². The van der Waals surface area contributed by atoms with E-state index < -0.39 is 0 Å². The van der Waals surface area contributed by atoms with Crippen LogP contribution in [0.25, 0.3) is 10.8 Å². The van der Waals surface area contributed by atoms with E-state index in [0.717, 1.165) is 41.2 Å². The first kappa shape index (κ1) is 17.3. The molecule has 0 aliphatic carbocycles. The summed E-state index contributed by atoms with van der Waals surface area (Å²) in [5, 5.41) is 1.53. The maximum atomic E-state index is 14.4. The quantitative estimate of drug-likeness (QED) is 0.227. The van der Waals surface area contributed by atoms with Gasteiger partial charge < -0.3 is 4.90 Å². The monoisotopic (exact) mass is 499 g/mol. The zero-order valence-electron chi connectivity index (χ0n) is 13.9. The van der Waals surface area contributed by atoms with Gasteiger partial charge in [-0.2, -0.15) is 0 Å². The molecule has 4 aromatic rings. The van der Waals surface area contributed by atoms with E-state index in [1.165, 1.54) is 0 Å². The van der Waals surface area contributed by atoms with Gasteiger partial charge in [0.1, 0.15) is 5.82 Å². The first-order chi connectivity index (χ1) is 13.1. The molecule has 0 saturated carbocycles. The highest BCUT2D eigenvalue weighted by Gasteiger charge is 2.26. The molecule has 0 spiro atoms. The number of nitrogens with zero attached hydrogens (tertiary/aromatic N) is 1. The number of benzene rings is 4. The Morgan fingerprint density at radius 3 is 1.85 bits per heavy atom. The van der Waals surface area contributed by atoms with Crippen LogP contribution in [0.15, 0.2) is 91.5 Å². The second kappa shape index (κ2) is 6.66. The standard InChI is InChI=1S/C22H12Br2FNS/c23-13-5-8-19-21(11-13)27-22-12-14(24)6-9-20(22)26(19)18-10-7-17(25)15-3-1-2-4-16(15)18/h1-12H. The fourth-order valence-electron chi connectivity index (χ4n) is 3.46. The third-order valence-electron chi connectivity index (χ3n) is 4.63. The van der Waals surface area contributed by atoms with E-state index in [2.05, 4.69) is 61.0 Å². The van der Waals surface area contributed by atoms with Crippen LogP contribution in [0.2, 0.25) is 0 Å². The summed E-state index contributed by atoms with van der Waals surface area (Å²) in [7, 11) is 0. The average molecular weight is 501 g/mol. The molecular formula is C22H12Br2FNS. The van der Waals surface area contributed by atoms with E-state index in [0.29, 0.717) is 5.39 Å². The third-order valence-corrected chi connectivity index (χ3v) is 6.71. The zero-order chi connectivity index (χ0) is 18.5. The normalized spacial score (nSPS) is 12.8. The predicted octanol–water partition coefficient (Wildman–Crippen LogP) is 8.44. The van der Waals surface area contributed by atoms with Gasteiger partial charge in [0.15, 0.2) is 0 Å². The van der Waals surface area contributed by atoms with E-state index in [4.69, 9.17) is 0 Å². The van der Waals surface area contributed by atoms with E-state index in [1.807, 2.05) is 42.5 Å². The van der Waals surface area contributed by atoms with E-state index in [1.54, 1.807) is 17.8 Å². The Kier molecular flexibility index (Phi) is 4.26. The molecule has 0 atom stereocenters. The van der Waals surface area contributed by atoms with Gasteiger partial charge in [-0.1, -0.05) is 67.9 Å². The Morgan fingerprint density at radius 2 is 1.22 bits per heavy atom. The van der Waals surface area contributed by atoms with Gasteiger partial charge in [-0.3, -0.25) is 0 Å². The van der Waals surface area contributed by atoms with Crippen molar-refractivity contribution >= 4 is 71.5 Å². The maximum absolute atomic E-state index is 14.4. The van der Waals surface area contributed by atoms with Gasteiger partial charge >= 0.3 is 0 Å². The van der Waals surface area contributed by atoms with E-state index >= 15 is 0 Å². The molecule has 5 heteroatoms. The molecular weight excluding hydrogens is 489 g/mol. The minimum absolute atomic E-state index is 0.201. The van der Waals surface area contributed by atoms with E-state index in [-0.39, 0.29) is 5.82 Å². The number of halogens is 3. The van der Waals surface area contributed by atoms with Gasteiger partial charge in [0.05, 0.1) is 17.1 Å². The highest BCUT2D eigenvalue weighted by atomic mass is 79.9. The first-order valence-electron chi connectivity index (χ1n) is 8.36. The molecule has 1 heterocycles. The van der Waals surface area contributed by atoms with Gasteiger partial charge in [-0.25, -0.2) is 4.39 Å². The second-order valence-corrected chi connectivity index (χ2v) is 9.19. The zero-order valence-corrected chi connectivity index (χ0v) is 17.9. The fraction of sp³-hybridized carbons (Fsp3) is 0.